The van der Waals surface area contributed by atoms with Crippen molar-refractivity contribution in [3.05, 3.63) is 88.1 Å². The van der Waals surface area contributed by atoms with E-state index in [1.165, 1.54) is 56.7 Å². The first kappa shape index (κ1) is 26.6. The van der Waals surface area contributed by atoms with Crippen molar-refractivity contribution in [2.45, 2.75) is 12.5 Å². The van der Waals surface area contributed by atoms with Gasteiger partial charge in [0.25, 0.3) is 0 Å². The van der Waals surface area contributed by atoms with Crippen LogP contribution in [-0.2, 0) is 0 Å². The summed E-state index contributed by atoms with van der Waals surface area (Å²) in [5.41, 5.74) is 0.841. The molecule has 10 heteroatoms. The second kappa shape index (κ2) is 10.1. The number of hydrogen-bond acceptors (Lipinski definition) is 10. The number of phenolic OH excluding ortho intramolecular Hbond substituents is 4. The number of aromatic hydroxyl groups is 4. The lowest BCUT2D eigenvalue weighted by molar-refractivity contribution is 0.0844. The Balaban J connectivity index is 1.53. The Morgan fingerprint density at radius 3 is 2.26 bits per heavy atom. The van der Waals surface area contributed by atoms with Crippen molar-refractivity contribution < 1.29 is 43.8 Å². The van der Waals surface area contributed by atoms with E-state index in [-0.39, 0.29) is 80.1 Å². The van der Waals surface area contributed by atoms with Gasteiger partial charge in [0.15, 0.2) is 16.8 Å². The van der Waals surface area contributed by atoms with Gasteiger partial charge in [-0.3, -0.25) is 9.59 Å². The Morgan fingerprint density at radius 1 is 0.786 bits per heavy atom. The Hall–Kier alpha value is -5.64. The second-order valence-electron chi connectivity index (χ2n) is 9.73. The number of ether oxygens (including phenoxy) is 3. The predicted octanol–water partition coefficient (Wildman–Crippen LogP) is 5.67. The summed E-state index contributed by atoms with van der Waals surface area (Å²) < 4.78 is 23.0. The third kappa shape index (κ3) is 4.39. The van der Waals surface area contributed by atoms with Crippen LogP contribution >= 0.6 is 0 Å². The van der Waals surface area contributed by atoms with E-state index < -0.39 is 11.5 Å². The second-order valence-corrected chi connectivity index (χ2v) is 9.73. The summed E-state index contributed by atoms with van der Waals surface area (Å²) in [6.07, 6.45) is -0.880. The molecule has 1 aliphatic rings. The molecule has 0 bridgehead atoms. The van der Waals surface area contributed by atoms with Gasteiger partial charge in [-0.05, 0) is 42.0 Å². The van der Waals surface area contributed by atoms with E-state index in [2.05, 4.69) is 0 Å². The SMILES string of the molecule is COc1cc(O)c2c(c1)O[C@@H](c1ccc(O)c(-c3c(OC)cc(O)c4c(=O)cc(-c5ccc(O)cc5)oc34)c1)CC2=O. The molecule has 0 fully saturated rings. The van der Waals surface area contributed by atoms with Crippen LogP contribution in [0.15, 0.2) is 75.9 Å². The van der Waals surface area contributed by atoms with Crippen molar-refractivity contribution in [3.8, 4) is 62.7 Å². The minimum Gasteiger partial charge on any atom is -0.508 e. The van der Waals surface area contributed by atoms with Crippen LogP contribution in [0.4, 0.5) is 0 Å². The Kier molecular flexibility index (Phi) is 6.38. The van der Waals surface area contributed by atoms with E-state index in [0.717, 1.165) is 0 Å². The van der Waals surface area contributed by atoms with Crippen LogP contribution in [0.5, 0.6) is 40.2 Å². The molecule has 6 rings (SSSR count). The largest absolute Gasteiger partial charge is 0.508 e. The molecular weight excluding hydrogens is 544 g/mol. The molecule has 4 N–H and O–H groups in total. The quantitative estimate of drug-likeness (QED) is 0.208. The highest BCUT2D eigenvalue weighted by Crippen LogP contribution is 2.47. The number of benzene rings is 4. The van der Waals surface area contributed by atoms with Crippen molar-refractivity contribution in [1.29, 1.82) is 0 Å². The van der Waals surface area contributed by atoms with Crippen LogP contribution in [0.3, 0.4) is 0 Å². The highest BCUT2D eigenvalue weighted by molar-refractivity contribution is 6.03. The zero-order chi connectivity index (χ0) is 29.7. The Bertz CT molecular complexity index is 1940. The third-order valence-corrected chi connectivity index (χ3v) is 7.19. The van der Waals surface area contributed by atoms with Gasteiger partial charge >= 0.3 is 0 Å². The van der Waals surface area contributed by atoms with Gasteiger partial charge in [-0.2, -0.15) is 0 Å². The smallest absolute Gasteiger partial charge is 0.197 e. The molecule has 4 aromatic carbocycles. The summed E-state index contributed by atoms with van der Waals surface area (Å²) in [5.74, 6) is -0.397. The monoisotopic (exact) mass is 568 g/mol. The fourth-order valence-electron chi connectivity index (χ4n) is 5.15. The highest BCUT2D eigenvalue weighted by Gasteiger charge is 2.32. The molecule has 2 heterocycles. The van der Waals surface area contributed by atoms with Crippen LogP contribution in [0, 0.1) is 0 Å². The predicted molar refractivity (Wildman–Crippen MR) is 152 cm³/mol. The maximum atomic E-state index is 13.2. The first-order chi connectivity index (χ1) is 20.2. The number of rotatable bonds is 5. The van der Waals surface area contributed by atoms with Crippen molar-refractivity contribution in [3.63, 3.8) is 0 Å². The summed E-state index contributed by atoms with van der Waals surface area (Å²) in [5, 5.41) is 41.6. The lowest BCUT2D eigenvalue weighted by atomic mass is 9.92. The van der Waals surface area contributed by atoms with Crippen molar-refractivity contribution in [1.82, 2.24) is 0 Å². The minimum absolute atomic E-state index is 0.0309. The molecule has 0 saturated heterocycles. The normalized spacial score (nSPS) is 14.3. The van der Waals surface area contributed by atoms with Crippen LogP contribution in [0.1, 0.15) is 28.4 Å². The van der Waals surface area contributed by atoms with Crippen LogP contribution in [0.25, 0.3) is 33.4 Å². The third-order valence-electron chi connectivity index (χ3n) is 7.19. The summed E-state index contributed by atoms with van der Waals surface area (Å²) >= 11 is 0. The number of hydrogen-bond donors (Lipinski definition) is 4. The van der Waals surface area contributed by atoms with E-state index in [1.54, 1.807) is 24.3 Å². The summed E-state index contributed by atoms with van der Waals surface area (Å²) in [6.45, 7) is 0. The Morgan fingerprint density at radius 2 is 1.55 bits per heavy atom. The van der Waals surface area contributed by atoms with E-state index in [0.29, 0.717) is 16.9 Å². The van der Waals surface area contributed by atoms with Crippen molar-refractivity contribution in [2.24, 2.45) is 0 Å². The molecule has 1 aromatic heterocycles. The standard InChI is InChI=1S/C32H24O10/c1-39-18-10-21(35)30-22(36)12-26(41-28(30)11-18)16-5-8-20(34)19(9-16)29-27(40-2)14-24(38)31-23(37)13-25(42-32(29)31)15-3-6-17(33)7-4-15/h3-11,13-14,26,33-35,38H,12H2,1-2H3/t26-/m1/s1. The molecule has 10 nitrogen and oxygen atoms in total. The molecule has 5 aromatic rings. The molecule has 0 saturated carbocycles. The molecule has 0 radical (unpaired) electrons. The molecule has 0 spiro atoms. The fraction of sp³-hybridized carbons (Fsp3) is 0.125. The average molecular weight is 569 g/mol. The molecular formula is C32H24O10. The molecule has 0 aliphatic carbocycles. The number of Topliss-reactive ketones (excluding diaryl/α,β-unsaturated/α-hetero) is 1. The number of carbonyl (C=O) groups excluding carboxylic acids is 1. The number of ketones is 1. The molecule has 0 unspecified atom stereocenters. The lowest BCUT2D eigenvalue weighted by Crippen LogP contribution is -2.20. The number of fused-ring (bicyclic) bond motifs is 2. The van der Waals surface area contributed by atoms with Crippen LogP contribution in [-0.4, -0.2) is 40.4 Å². The molecule has 1 atom stereocenters. The summed E-state index contributed by atoms with van der Waals surface area (Å²) in [4.78, 5) is 26.2. The van der Waals surface area contributed by atoms with Crippen LogP contribution < -0.4 is 19.6 Å². The number of carbonyl (C=O) groups is 1. The van der Waals surface area contributed by atoms with Gasteiger partial charge in [0, 0.05) is 35.4 Å². The number of methoxy groups -OCH3 is 2. The average Bonchev–Trinajstić information content (AvgIpc) is 2.97. The highest BCUT2D eigenvalue weighted by atomic mass is 16.5. The van der Waals surface area contributed by atoms with Gasteiger partial charge in [0.05, 0.1) is 26.2 Å². The van der Waals surface area contributed by atoms with Gasteiger partial charge in [-0.15, -0.1) is 0 Å². The molecule has 1 aliphatic heterocycles. The van der Waals surface area contributed by atoms with Gasteiger partial charge in [0.1, 0.15) is 63.1 Å². The van der Waals surface area contributed by atoms with Crippen molar-refractivity contribution in [2.75, 3.05) is 14.2 Å². The first-order valence-electron chi connectivity index (χ1n) is 12.8. The van der Waals surface area contributed by atoms with Gasteiger partial charge < -0.3 is 39.1 Å². The minimum atomic E-state index is -0.787. The molecule has 212 valence electrons. The lowest BCUT2D eigenvalue weighted by Gasteiger charge is -2.27. The zero-order valence-electron chi connectivity index (χ0n) is 22.4. The van der Waals surface area contributed by atoms with Gasteiger partial charge in [0.2, 0.25) is 0 Å². The first-order valence-corrected chi connectivity index (χ1v) is 12.8. The summed E-state index contributed by atoms with van der Waals surface area (Å²) in [6, 6.07) is 15.9. The van der Waals surface area contributed by atoms with Gasteiger partial charge in [-0.25, -0.2) is 0 Å². The van der Waals surface area contributed by atoms with Gasteiger partial charge in [-0.1, -0.05) is 6.07 Å². The fourth-order valence-corrected chi connectivity index (χ4v) is 5.15. The summed E-state index contributed by atoms with van der Waals surface area (Å²) in [7, 11) is 2.79. The van der Waals surface area contributed by atoms with E-state index in [9.17, 15) is 30.0 Å². The zero-order valence-corrected chi connectivity index (χ0v) is 22.4. The maximum absolute atomic E-state index is 13.2. The molecule has 42 heavy (non-hydrogen) atoms. The van der Waals surface area contributed by atoms with Crippen LogP contribution in [0.2, 0.25) is 0 Å². The van der Waals surface area contributed by atoms with E-state index in [4.69, 9.17) is 18.6 Å². The van der Waals surface area contributed by atoms with Crippen molar-refractivity contribution >= 4 is 16.8 Å². The van der Waals surface area contributed by atoms with E-state index >= 15 is 0 Å². The molecule has 0 amide bonds. The van der Waals surface area contributed by atoms with E-state index in [1.807, 2.05) is 0 Å². The topological polar surface area (TPSA) is 156 Å². The maximum Gasteiger partial charge on any atom is 0.197 e. The number of phenols is 4. The Labute approximate surface area is 238 Å².